The van der Waals surface area contributed by atoms with Crippen molar-refractivity contribution in [2.24, 2.45) is 0 Å². The van der Waals surface area contributed by atoms with Gasteiger partial charge < -0.3 is 25.2 Å². The van der Waals surface area contributed by atoms with Crippen LogP contribution in [-0.2, 0) is 19.1 Å². The number of hydrogen-bond donors (Lipinski definition) is 3. The van der Waals surface area contributed by atoms with E-state index in [0.29, 0.717) is 19.7 Å². The van der Waals surface area contributed by atoms with Crippen LogP contribution in [-0.4, -0.2) is 71.8 Å². The predicted molar refractivity (Wildman–Crippen MR) is 59.1 cm³/mol. The number of morpholine rings is 1. The number of ether oxygens (including phenoxy) is 1. The molecule has 1 unspecified atom stereocenters. The molecule has 1 saturated heterocycles. The highest BCUT2D eigenvalue weighted by Gasteiger charge is 2.24. The summed E-state index contributed by atoms with van der Waals surface area (Å²) in [5, 5.41) is 20.3. The summed E-state index contributed by atoms with van der Waals surface area (Å²) in [6, 6.07) is 0. The molecule has 0 aromatic carbocycles. The van der Waals surface area contributed by atoms with Gasteiger partial charge in [0.25, 0.3) is 0 Å². The van der Waals surface area contributed by atoms with Crippen molar-refractivity contribution in [1.29, 1.82) is 0 Å². The van der Waals surface area contributed by atoms with Gasteiger partial charge in [-0.25, -0.2) is 0 Å². The summed E-state index contributed by atoms with van der Waals surface area (Å²) in [5.41, 5.74) is 0. The number of amides is 1. The van der Waals surface area contributed by atoms with E-state index in [9.17, 15) is 14.4 Å². The Balaban J connectivity index is 2.51. The highest BCUT2D eigenvalue weighted by atomic mass is 16.5. The molecular weight excluding hydrogens is 244 g/mol. The maximum absolute atomic E-state index is 11.8. The molecule has 0 spiro atoms. The maximum atomic E-state index is 11.8. The number of carboxylic acid groups (broad SMARTS) is 2. The zero-order valence-corrected chi connectivity index (χ0v) is 9.79. The predicted octanol–water partition coefficient (Wildman–Crippen LogP) is -1.64. The number of carbonyl (C=O) groups excluding carboxylic acids is 1. The molecule has 1 amide bonds. The van der Waals surface area contributed by atoms with Crippen LogP contribution in [0.15, 0.2) is 0 Å². The van der Waals surface area contributed by atoms with E-state index in [0.717, 1.165) is 4.90 Å². The topological polar surface area (TPSA) is 116 Å². The highest BCUT2D eigenvalue weighted by molar-refractivity contribution is 5.85. The Morgan fingerprint density at radius 3 is 2.28 bits per heavy atom. The molecule has 102 valence electrons. The summed E-state index contributed by atoms with van der Waals surface area (Å²) in [7, 11) is 0. The molecule has 1 fully saturated rings. The lowest BCUT2D eigenvalue weighted by molar-refractivity contribution is -0.150. The summed E-state index contributed by atoms with van der Waals surface area (Å²) in [6.07, 6.45) is -0.357. The van der Waals surface area contributed by atoms with Gasteiger partial charge in [0.05, 0.1) is 19.1 Å². The third kappa shape index (κ3) is 5.11. The van der Waals surface area contributed by atoms with Crippen molar-refractivity contribution in [3.8, 4) is 0 Å². The van der Waals surface area contributed by atoms with Crippen LogP contribution >= 0.6 is 0 Å². The third-order valence-corrected chi connectivity index (χ3v) is 2.41. The van der Waals surface area contributed by atoms with Gasteiger partial charge in [-0.05, 0) is 0 Å². The van der Waals surface area contributed by atoms with Crippen molar-refractivity contribution in [3.05, 3.63) is 0 Å². The van der Waals surface area contributed by atoms with Gasteiger partial charge in [0.2, 0.25) is 5.91 Å². The number of carbonyl (C=O) groups is 3. The summed E-state index contributed by atoms with van der Waals surface area (Å²) in [6.45, 7) is 0.449. The van der Waals surface area contributed by atoms with Crippen LogP contribution in [0.3, 0.4) is 0 Å². The van der Waals surface area contributed by atoms with Crippen molar-refractivity contribution in [3.63, 3.8) is 0 Å². The zero-order chi connectivity index (χ0) is 13.5. The molecule has 1 aliphatic rings. The lowest BCUT2D eigenvalue weighted by atomic mass is 10.2. The largest absolute Gasteiger partial charge is 0.480 e. The van der Waals surface area contributed by atoms with E-state index in [1.165, 1.54) is 0 Å². The van der Waals surface area contributed by atoms with Crippen LogP contribution in [0.2, 0.25) is 0 Å². The van der Waals surface area contributed by atoms with Crippen molar-refractivity contribution in [2.45, 2.75) is 12.5 Å². The first kappa shape index (κ1) is 14.4. The minimum absolute atomic E-state index is 0.0203. The van der Waals surface area contributed by atoms with Gasteiger partial charge in [-0.15, -0.1) is 0 Å². The third-order valence-electron chi connectivity index (χ3n) is 2.41. The summed E-state index contributed by atoms with van der Waals surface area (Å²) in [4.78, 5) is 33.7. The van der Waals surface area contributed by atoms with Gasteiger partial charge in [-0.3, -0.25) is 14.4 Å². The quantitative estimate of drug-likeness (QED) is 0.524. The van der Waals surface area contributed by atoms with Gasteiger partial charge >= 0.3 is 11.9 Å². The molecule has 8 nitrogen and oxygen atoms in total. The fraction of sp³-hybridized carbons (Fsp3) is 0.700. The Morgan fingerprint density at radius 1 is 1.22 bits per heavy atom. The van der Waals surface area contributed by atoms with E-state index in [1.807, 2.05) is 0 Å². The van der Waals surface area contributed by atoms with E-state index < -0.39 is 30.9 Å². The fourth-order valence-corrected chi connectivity index (χ4v) is 1.63. The average Bonchev–Trinajstić information content (AvgIpc) is 2.28. The Hall–Kier alpha value is -1.67. The summed E-state index contributed by atoms with van der Waals surface area (Å²) in [5.74, 6) is -3.02. The second-order valence-electron chi connectivity index (χ2n) is 3.94. The minimum atomic E-state index is -1.24. The summed E-state index contributed by atoms with van der Waals surface area (Å²) < 4.78 is 5.30. The number of nitrogens with one attached hydrogen (secondary N) is 1. The Kier molecular flexibility index (Phi) is 5.53. The molecule has 3 N–H and O–H groups in total. The lowest BCUT2D eigenvalue weighted by Crippen LogP contribution is -2.45. The number of hydrogen-bond acceptors (Lipinski definition) is 5. The van der Waals surface area contributed by atoms with E-state index in [2.05, 4.69) is 5.32 Å². The SMILES string of the molecule is O=C(O)CN(CC(=O)O)C(=O)CC1CNCCO1. The summed E-state index contributed by atoms with van der Waals surface area (Å²) >= 11 is 0. The molecule has 0 aromatic heterocycles. The fourth-order valence-electron chi connectivity index (χ4n) is 1.63. The van der Waals surface area contributed by atoms with Crippen molar-refractivity contribution >= 4 is 17.8 Å². The molecule has 1 heterocycles. The van der Waals surface area contributed by atoms with Gasteiger partial charge in [0, 0.05) is 13.1 Å². The lowest BCUT2D eigenvalue weighted by Gasteiger charge is -2.26. The number of rotatable bonds is 6. The minimum Gasteiger partial charge on any atom is -0.480 e. The maximum Gasteiger partial charge on any atom is 0.323 e. The molecule has 0 aliphatic carbocycles. The Bertz CT molecular complexity index is 310. The zero-order valence-electron chi connectivity index (χ0n) is 9.79. The molecule has 8 heteroatoms. The first-order chi connectivity index (χ1) is 8.49. The number of nitrogens with zero attached hydrogens (tertiary/aromatic N) is 1. The van der Waals surface area contributed by atoms with Crippen molar-refractivity contribution < 1.29 is 29.3 Å². The molecular formula is C10H16N2O6. The van der Waals surface area contributed by atoms with Crippen molar-refractivity contribution in [1.82, 2.24) is 10.2 Å². The van der Waals surface area contributed by atoms with Crippen LogP contribution < -0.4 is 5.32 Å². The highest BCUT2D eigenvalue weighted by Crippen LogP contribution is 2.05. The number of carboxylic acids is 2. The van der Waals surface area contributed by atoms with E-state index in [4.69, 9.17) is 14.9 Å². The van der Waals surface area contributed by atoms with E-state index in [-0.39, 0.29) is 12.5 Å². The monoisotopic (exact) mass is 260 g/mol. The van der Waals surface area contributed by atoms with Crippen LogP contribution in [0.25, 0.3) is 0 Å². The molecule has 0 bridgehead atoms. The standard InChI is InChI=1S/C10H16N2O6/c13-8(3-7-4-11-1-2-18-7)12(5-9(14)15)6-10(16)17/h7,11H,1-6H2,(H,14,15)(H,16,17). The van der Waals surface area contributed by atoms with E-state index >= 15 is 0 Å². The van der Waals surface area contributed by atoms with Gasteiger partial charge in [0.1, 0.15) is 13.1 Å². The molecule has 18 heavy (non-hydrogen) atoms. The second-order valence-corrected chi connectivity index (χ2v) is 3.94. The molecule has 1 atom stereocenters. The van der Waals surface area contributed by atoms with Gasteiger partial charge in [-0.1, -0.05) is 0 Å². The Labute approximate surface area is 104 Å². The van der Waals surface area contributed by atoms with Crippen LogP contribution in [0.4, 0.5) is 0 Å². The molecule has 1 aliphatic heterocycles. The normalized spacial score (nSPS) is 19.2. The van der Waals surface area contributed by atoms with Crippen LogP contribution in [0.5, 0.6) is 0 Å². The molecule has 1 rings (SSSR count). The molecule has 0 radical (unpaired) electrons. The van der Waals surface area contributed by atoms with Gasteiger partial charge in [-0.2, -0.15) is 0 Å². The molecule has 0 aromatic rings. The Morgan fingerprint density at radius 2 is 1.83 bits per heavy atom. The van der Waals surface area contributed by atoms with Gasteiger partial charge in [0.15, 0.2) is 0 Å². The first-order valence-corrected chi connectivity index (χ1v) is 5.52. The smallest absolute Gasteiger partial charge is 0.323 e. The van der Waals surface area contributed by atoms with Crippen LogP contribution in [0.1, 0.15) is 6.42 Å². The van der Waals surface area contributed by atoms with Crippen LogP contribution in [0, 0.1) is 0 Å². The average molecular weight is 260 g/mol. The van der Waals surface area contributed by atoms with E-state index in [1.54, 1.807) is 0 Å². The molecule has 0 saturated carbocycles. The van der Waals surface area contributed by atoms with Crippen molar-refractivity contribution in [2.75, 3.05) is 32.8 Å². The second kappa shape index (κ2) is 6.92. The number of aliphatic carboxylic acids is 2. The first-order valence-electron chi connectivity index (χ1n) is 5.52.